The Hall–Kier alpha value is -4.39. The molecule has 2 heterocycles. The number of hydrogen-bond acceptors (Lipinski definition) is 9. The molecule has 3 atom stereocenters. The van der Waals surface area contributed by atoms with Crippen LogP contribution in [0.3, 0.4) is 0 Å². The number of amides is 2. The minimum absolute atomic E-state index is 0.0234. The summed E-state index contributed by atoms with van der Waals surface area (Å²) in [6.07, 6.45) is 6.42. The Kier molecular flexibility index (Phi) is 11.6. The number of nitrogens with two attached hydrogens (primary N) is 1. The number of nitrogens with one attached hydrogen (secondary N) is 4. The van der Waals surface area contributed by atoms with E-state index in [2.05, 4.69) is 15.5 Å². The van der Waals surface area contributed by atoms with Crippen LogP contribution in [0.25, 0.3) is 0 Å². The number of nitrogens with zero attached hydrogens (tertiary/aromatic N) is 3. The second kappa shape index (κ2) is 15.9. The minimum atomic E-state index is -0.399. The molecule has 2 aromatic carbocycles. The Morgan fingerprint density at radius 3 is 2.61 bits per heavy atom. The van der Waals surface area contributed by atoms with Gasteiger partial charge in [0, 0.05) is 27.8 Å². The van der Waals surface area contributed by atoms with Gasteiger partial charge in [-0.05, 0) is 80.7 Å². The lowest BCUT2D eigenvalue weighted by Crippen LogP contribution is -2.42. The minimum Gasteiger partial charge on any atom is -0.484 e. The average molecular weight is 685 g/mol. The number of rotatable bonds is 9. The van der Waals surface area contributed by atoms with Gasteiger partial charge in [-0.1, -0.05) is 51.1 Å². The van der Waals surface area contributed by atoms with Crippen molar-refractivity contribution in [2.45, 2.75) is 69.5 Å². The Morgan fingerprint density at radius 2 is 1.90 bits per heavy atom. The smallest absolute Gasteiger partial charge is 0.320 e. The van der Waals surface area contributed by atoms with Crippen molar-refractivity contribution < 1.29 is 14.6 Å². The van der Waals surface area contributed by atoms with Gasteiger partial charge < -0.3 is 20.9 Å². The van der Waals surface area contributed by atoms with E-state index in [9.17, 15) is 9.90 Å². The number of ether oxygens (including phenoxy) is 1. The fourth-order valence-corrected chi connectivity index (χ4v) is 6.78. The van der Waals surface area contributed by atoms with Crippen molar-refractivity contribution in [2.75, 3.05) is 26.0 Å². The van der Waals surface area contributed by atoms with Gasteiger partial charge in [0.05, 0.1) is 30.6 Å². The van der Waals surface area contributed by atoms with Gasteiger partial charge in [0.1, 0.15) is 29.0 Å². The SMILES string of the molecule is CN1CCC[C@H]1C(=N)n1cc(O[C@@H]2CC[C@H](NC(=O)NC(/C=C(\N)C(C)(C)C)=Nc3cccc(SCCO)c3)c3ccccc32)ccc1=N. The van der Waals surface area contributed by atoms with Crippen LogP contribution in [0.2, 0.25) is 0 Å². The number of aliphatic hydroxyl groups excluding tert-OH is 1. The zero-order valence-corrected chi connectivity index (χ0v) is 29.5. The second-order valence-electron chi connectivity index (χ2n) is 13.5. The third-order valence-corrected chi connectivity index (χ3v) is 9.84. The van der Waals surface area contributed by atoms with Gasteiger partial charge in [0.15, 0.2) is 0 Å². The number of urea groups is 1. The lowest BCUT2D eigenvalue weighted by Gasteiger charge is -2.32. The fourth-order valence-electron chi connectivity index (χ4n) is 6.07. The van der Waals surface area contributed by atoms with Crippen LogP contribution >= 0.6 is 11.8 Å². The molecule has 1 aliphatic carbocycles. The number of thioether (sulfide) groups is 1. The third-order valence-electron chi connectivity index (χ3n) is 8.86. The van der Waals surface area contributed by atoms with Crippen molar-refractivity contribution in [1.29, 1.82) is 10.8 Å². The number of hydrogen-bond donors (Lipinski definition) is 6. The molecule has 3 aromatic rings. The molecular weight excluding hydrogens is 637 g/mol. The standard InChI is InChI=1S/C37H48N8O3S/c1-37(2,3)32(38)22-34(41-24-9-7-10-26(21-24)49-20-19-46)43-36(47)42-29-15-16-31(28-12-6-5-11-27(28)29)48-25-14-17-33(39)45(23-25)35(40)30-13-8-18-44(30)4/h5-7,9-12,14,17,21-23,29-31,39-40,46H,8,13,15-16,18-20,38H2,1-4H3,(H2,41,42,43,47)/b32-22-,39-33?,40-35?/t29-,30-,31+/m0/s1. The molecule has 5 rings (SSSR count). The monoisotopic (exact) mass is 684 g/mol. The van der Waals surface area contributed by atoms with Crippen molar-refractivity contribution in [3.05, 3.63) is 95.2 Å². The maximum Gasteiger partial charge on any atom is 0.320 e. The first kappa shape index (κ1) is 35.9. The fraction of sp³-hybridized carbons (Fsp3) is 0.405. The Labute approximate surface area is 292 Å². The molecule has 7 N–H and O–H groups in total. The van der Waals surface area contributed by atoms with Gasteiger partial charge in [0.2, 0.25) is 0 Å². The molecule has 11 nitrogen and oxygen atoms in total. The number of likely N-dealkylation sites (tertiary alicyclic amines) is 1. The number of likely N-dealkylation sites (N-methyl/N-ethyl adjacent to an activating group) is 1. The summed E-state index contributed by atoms with van der Waals surface area (Å²) in [7, 11) is 2.02. The van der Waals surface area contributed by atoms with E-state index in [1.54, 1.807) is 29.0 Å². The summed E-state index contributed by atoms with van der Waals surface area (Å²) in [6, 6.07) is 18.3. The first-order valence-corrected chi connectivity index (χ1v) is 17.7. The lowest BCUT2D eigenvalue weighted by molar-refractivity contribution is 0.171. The Bertz CT molecular complexity index is 1780. The quantitative estimate of drug-likeness (QED) is 0.0941. The third kappa shape index (κ3) is 9.20. The lowest BCUT2D eigenvalue weighted by atomic mass is 9.85. The highest BCUT2D eigenvalue weighted by atomic mass is 32.2. The number of aliphatic imine (C=N–C) groups is 1. The molecule has 0 spiro atoms. The number of allylic oxidation sites excluding steroid dienone is 1. The number of benzene rings is 2. The summed E-state index contributed by atoms with van der Waals surface area (Å²) >= 11 is 1.53. The number of pyridine rings is 1. The van der Waals surface area contributed by atoms with Crippen LogP contribution in [0.15, 0.2) is 88.5 Å². The van der Waals surface area contributed by atoms with Crippen LogP contribution in [0.5, 0.6) is 5.75 Å². The molecule has 2 amide bonds. The van der Waals surface area contributed by atoms with Crippen LogP contribution in [-0.4, -0.2) is 64.3 Å². The number of aliphatic hydroxyl groups is 1. The van der Waals surface area contributed by atoms with Gasteiger partial charge in [-0.25, -0.2) is 9.79 Å². The summed E-state index contributed by atoms with van der Waals surface area (Å²) in [6.45, 7) is 7.02. The molecule has 0 unspecified atom stereocenters. The van der Waals surface area contributed by atoms with E-state index in [0.29, 0.717) is 47.4 Å². The van der Waals surface area contributed by atoms with Gasteiger partial charge in [-0.15, -0.1) is 11.8 Å². The topological polar surface area (TPSA) is 165 Å². The highest BCUT2D eigenvalue weighted by Gasteiger charge is 2.30. The van der Waals surface area contributed by atoms with Crippen LogP contribution in [0.4, 0.5) is 10.5 Å². The summed E-state index contributed by atoms with van der Waals surface area (Å²) in [4.78, 5) is 21.4. The van der Waals surface area contributed by atoms with Crippen molar-refractivity contribution in [2.24, 2.45) is 16.1 Å². The molecule has 0 saturated carbocycles. The van der Waals surface area contributed by atoms with E-state index in [-0.39, 0.29) is 35.7 Å². The van der Waals surface area contributed by atoms with Gasteiger partial charge in [0.25, 0.3) is 0 Å². The van der Waals surface area contributed by atoms with E-state index in [4.69, 9.17) is 26.3 Å². The van der Waals surface area contributed by atoms with E-state index in [1.165, 1.54) is 11.8 Å². The van der Waals surface area contributed by atoms with Crippen LogP contribution in [0.1, 0.15) is 69.7 Å². The van der Waals surface area contributed by atoms with E-state index >= 15 is 0 Å². The molecule has 1 saturated heterocycles. The van der Waals surface area contributed by atoms with Gasteiger partial charge >= 0.3 is 6.03 Å². The van der Waals surface area contributed by atoms with Crippen molar-refractivity contribution >= 4 is 35.2 Å². The molecule has 260 valence electrons. The van der Waals surface area contributed by atoms with E-state index in [0.717, 1.165) is 35.4 Å². The van der Waals surface area contributed by atoms with Gasteiger partial charge in [-0.2, -0.15) is 0 Å². The second-order valence-corrected chi connectivity index (χ2v) is 14.7. The molecule has 12 heteroatoms. The molecule has 0 radical (unpaired) electrons. The van der Waals surface area contributed by atoms with Crippen molar-refractivity contribution in [3.63, 3.8) is 0 Å². The van der Waals surface area contributed by atoms with Crippen LogP contribution in [0, 0.1) is 16.2 Å². The number of amidine groups is 1. The van der Waals surface area contributed by atoms with E-state index < -0.39 is 6.03 Å². The van der Waals surface area contributed by atoms with Crippen molar-refractivity contribution in [1.82, 2.24) is 20.1 Å². The summed E-state index contributed by atoms with van der Waals surface area (Å²) in [5.74, 6) is 1.87. The molecule has 1 aromatic heterocycles. The van der Waals surface area contributed by atoms with Gasteiger partial charge in [-0.3, -0.25) is 25.6 Å². The summed E-state index contributed by atoms with van der Waals surface area (Å²) < 4.78 is 8.12. The first-order valence-electron chi connectivity index (χ1n) is 16.7. The van der Waals surface area contributed by atoms with Crippen LogP contribution < -0.4 is 26.6 Å². The highest BCUT2D eigenvalue weighted by molar-refractivity contribution is 7.99. The highest BCUT2D eigenvalue weighted by Crippen LogP contribution is 2.38. The maximum atomic E-state index is 13.5. The number of carbonyl (C=O) groups excluding carboxylic acids is 1. The van der Waals surface area contributed by atoms with Crippen LogP contribution in [-0.2, 0) is 0 Å². The maximum absolute atomic E-state index is 13.5. The zero-order valence-electron chi connectivity index (χ0n) is 28.7. The summed E-state index contributed by atoms with van der Waals surface area (Å²) in [5.41, 5.74) is 9.50. The Balaban J connectivity index is 1.32. The predicted octanol–water partition coefficient (Wildman–Crippen LogP) is 5.84. The zero-order chi connectivity index (χ0) is 35.1. The predicted molar refractivity (Wildman–Crippen MR) is 196 cm³/mol. The van der Waals surface area contributed by atoms with Crippen molar-refractivity contribution in [3.8, 4) is 5.75 Å². The molecular formula is C37H48N8O3S. The first-order chi connectivity index (χ1) is 23.4. The Morgan fingerprint density at radius 1 is 1.12 bits per heavy atom. The normalized spacial score (nSPS) is 20.1. The summed E-state index contributed by atoms with van der Waals surface area (Å²) in [5, 5.41) is 32.5. The molecule has 1 aliphatic heterocycles. The molecule has 1 fully saturated rings. The number of carbonyl (C=O) groups is 1. The average Bonchev–Trinajstić information content (AvgIpc) is 3.50. The number of aromatic nitrogens is 1. The number of fused-ring (bicyclic) bond motifs is 1. The molecule has 2 aliphatic rings. The largest absolute Gasteiger partial charge is 0.484 e. The van der Waals surface area contributed by atoms with E-state index in [1.807, 2.05) is 76.3 Å². The molecule has 49 heavy (non-hydrogen) atoms. The molecule has 0 bridgehead atoms.